The van der Waals surface area contributed by atoms with E-state index in [1.807, 2.05) is 41.8 Å². The molecule has 1 heterocycles. The van der Waals surface area contributed by atoms with Crippen LogP contribution in [0.15, 0.2) is 54.6 Å². The van der Waals surface area contributed by atoms with E-state index < -0.39 is 5.91 Å². The molecule has 0 fully saturated rings. The number of nitrogens with two attached hydrogens (primary N) is 1. The zero-order valence-corrected chi connectivity index (χ0v) is 17.2. The molecule has 0 radical (unpaired) electrons. The van der Waals surface area contributed by atoms with Crippen LogP contribution in [-0.2, 0) is 28.9 Å². The van der Waals surface area contributed by atoms with Gasteiger partial charge >= 0.3 is 5.97 Å². The van der Waals surface area contributed by atoms with Crippen molar-refractivity contribution in [3.8, 4) is 11.1 Å². The van der Waals surface area contributed by atoms with Crippen molar-refractivity contribution in [3.63, 3.8) is 0 Å². The number of nitrogens with zero attached hydrogens (tertiary/aromatic N) is 1. The summed E-state index contributed by atoms with van der Waals surface area (Å²) < 4.78 is 20.3. The largest absolute Gasteiger partial charge is 0.469 e. The van der Waals surface area contributed by atoms with Crippen LogP contribution in [0.25, 0.3) is 11.1 Å². The molecule has 0 saturated carbocycles. The van der Waals surface area contributed by atoms with Gasteiger partial charge in [-0.05, 0) is 43.0 Å². The first kappa shape index (κ1) is 21.3. The second kappa shape index (κ2) is 9.39. The van der Waals surface area contributed by atoms with Crippen LogP contribution < -0.4 is 5.73 Å². The molecule has 0 bridgehead atoms. The lowest BCUT2D eigenvalue weighted by Gasteiger charge is -2.13. The van der Waals surface area contributed by atoms with Gasteiger partial charge in [-0.15, -0.1) is 0 Å². The van der Waals surface area contributed by atoms with Gasteiger partial charge in [-0.1, -0.05) is 42.5 Å². The summed E-state index contributed by atoms with van der Waals surface area (Å²) in [6, 6.07) is 16.0. The number of aromatic nitrogens is 1. The van der Waals surface area contributed by atoms with Gasteiger partial charge < -0.3 is 15.0 Å². The average Bonchev–Trinajstić information content (AvgIpc) is 3.03. The summed E-state index contributed by atoms with van der Waals surface area (Å²) in [4.78, 5) is 24.2. The van der Waals surface area contributed by atoms with Crippen LogP contribution in [0.4, 0.5) is 4.39 Å². The van der Waals surface area contributed by atoms with Gasteiger partial charge in [-0.2, -0.15) is 0 Å². The summed E-state index contributed by atoms with van der Waals surface area (Å²) in [5.41, 5.74) is 10.2. The van der Waals surface area contributed by atoms with Gasteiger partial charge in [-0.25, -0.2) is 4.39 Å². The zero-order chi connectivity index (χ0) is 21.7. The van der Waals surface area contributed by atoms with Crippen molar-refractivity contribution in [2.75, 3.05) is 7.11 Å². The number of ether oxygens (including phenoxy) is 1. The van der Waals surface area contributed by atoms with E-state index in [4.69, 9.17) is 10.5 Å². The lowest BCUT2D eigenvalue weighted by Crippen LogP contribution is -2.14. The molecule has 0 spiro atoms. The highest BCUT2D eigenvalue weighted by molar-refractivity contribution is 6.02. The zero-order valence-electron chi connectivity index (χ0n) is 17.2. The lowest BCUT2D eigenvalue weighted by atomic mass is 9.98. The summed E-state index contributed by atoms with van der Waals surface area (Å²) in [7, 11) is 1.34. The minimum absolute atomic E-state index is 0.164. The molecular weight excluding hydrogens is 383 g/mol. The standard InChI is InChI=1S/C24H25FN2O3/c1-16-22(24(26)29)23(18-8-10-19(25)11-9-18)20(12-13-21(28)30-2)27(16)15-14-17-6-4-3-5-7-17/h3-11H,12-15H2,1-2H3,(H2,26,29). The van der Waals surface area contributed by atoms with Crippen molar-refractivity contribution in [1.82, 2.24) is 4.57 Å². The van der Waals surface area contributed by atoms with Crippen LogP contribution in [0.5, 0.6) is 0 Å². The van der Waals surface area contributed by atoms with Crippen molar-refractivity contribution >= 4 is 11.9 Å². The topological polar surface area (TPSA) is 74.3 Å². The van der Waals surface area contributed by atoms with Crippen molar-refractivity contribution in [2.45, 2.75) is 32.7 Å². The Morgan fingerprint density at radius 3 is 2.30 bits per heavy atom. The molecule has 2 N–H and O–H groups in total. The number of methoxy groups -OCH3 is 1. The number of esters is 1. The number of amides is 1. The minimum atomic E-state index is -0.551. The number of aryl methyl sites for hydroxylation is 1. The van der Waals surface area contributed by atoms with E-state index in [1.165, 1.54) is 19.2 Å². The Morgan fingerprint density at radius 1 is 1.03 bits per heavy atom. The second-order valence-electron chi connectivity index (χ2n) is 7.12. The predicted molar refractivity (Wildman–Crippen MR) is 114 cm³/mol. The fraction of sp³-hybridized carbons (Fsp3) is 0.250. The molecule has 5 nitrogen and oxygen atoms in total. The minimum Gasteiger partial charge on any atom is -0.469 e. The first-order chi connectivity index (χ1) is 14.4. The third-order valence-electron chi connectivity index (χ3n) is 5.27. The number of primary amides is 1. The Morgan fingerprint density at radius 2 is 1.70 bits per heavy atom. The molecule has 3 aromatic rings. The van der Waals surface area contributed by atoms with E-state index in [0.29, 0.717) is 29.7 Å². The molecule has 1 amide bonds. The van der Waals surface area contributed by atoms with Crippen LogP contribution in [0, 0.1) is 12.7 Å². The molecule has 0 aliphatic rings. The van der Waals surface area contributed by atoms with Crippen LogP contribution in [0.2, 0.25) is 0 Å². The van der Waals surface area contributed by atoms with Crippen LogP contribution in [-0.4, -0.2) is 23.6 Å². The van der Waals surface area contributed by atoms with Crippen molar-refractivity contribution in [2.24, 2.45) is 5.73 Å². The van der Waals surface area contributed by atoms with Crippen LogP contribution in [0.1, 0.15) is 33.7 Å². The Labute approximate surface area is 175 Å². The highest BCUT2D eigenvalue weighted by atomic mass is 19.1. The average molecular weight is 408 g/mol. The normalized spacial score (nSPS) is 10.8. The van der Waals surface area contributed by atoms with Crippen molar-refractivity contribution < 1.29 is 18.7 Å². The fourth-order valence-corrected chi connectivity index (χ4v) is 3.80. The monoisotopic (exact) mass is 408 g/mol. The summed E-state index contributed by atoms with van der Waals surface area (Å²) in [5.74, 6) is -1.26. The Hall–Kier alpha value is -3.41. The molecule has 0 unspecified atom stereocenters. The van der Waals surface area contributed by atoms with Gasteiger partial charge in [0.05, 0.1) is 19.1 Å². The van der Waals surface area contributed by atoms with Gasteiger partial charge in [-0.3, -0.25) is 9.59 Å². The molecule has 1 aromatic heterocycles. The number of carbonyl (C=O) groups is 2. The molecule has 0 aliphatic carbocycles. The first-order valence-corrected chi connectivity index (χ1v) is 9.80. The summed E-state index contributed by atoms with van der Waals surface area (Å²) in [5, 5.41) is 0. The number of benzene rings is 2. The van der Waals surface area contributed by atoms with E-state index in [0.717, 1.165) is 23.4 Å². The molecule has 0 aliphatic heterocycles. The van der Waals surface area contributed by atoms with Gasteiger partial charge in [0.25, 0.3) is 5.91 Å². The van der Waals surface area contributed by atoms with Crippen molar-refractivity contribution in [3.05, 3.63) is 82.9 Å². The Kier molecular flexibility index (Phi) is 6.67. The highest BCUT2D eigenvalue weighted by Gasteiger charge is 2.25. The number of hydrogen-bond donors (Lipinski definition) is 1. The quantitative estimate of drug-likeness (QED) is 0.572. The Bertz CT molecular complexity index is 1040. The van der Waals surface area contributed by atoms with Gasteiger partial charge in [0, 0.05) is 23.5 Å². The highest BCUT2D eigenvalue weighted by Crippen LogP contribution is 2.34. The third-order valence-corrected chi connectivity index (χ3v) is 5.27. The number of halogens is 1. The first-order valence-electron chi connectivity index (χ1n) is 9.80. The van der Waals surface area contributed by atoms with E-state index in [-0.39, 0.29) is 18.2 Å². The predicted octanol–water partition coefficient (Wildman–Crippen LogP) is 4.05. The summed E-state index contributed by atoms with van der Waals surface area (Å²) >= 11 is 0. The lowest BCUT2D eigenvalue weighted by molar-refractivity contribution is -0.140. The maximum absolute atomic E-state index is 13.5. The summed E-state index contributed by atoms with van der Waals surface area (Å²) in [6.45, 7) is 2.47. The molecule has 3 rings (SSSR count). The second-order valence-corrected chi connectivity index (χ2v) is 7.12. The molecular formula is C24H25FN2O3. The number of rotatable bonds is 8. The molecule has 6 heteroatoms. The van der Waals surface area contributed by atoms with Crippen molar-refractivity contribution in [1.29, 1.82) is 0 Å². The smallest absolute Gasteiger partial charge is 0.305 e. The SMILES string of the molecule is COC(=O)CCc1c(-c2ccc(F)cc2)c(C(N)=O)c(C)n1CCc1ccccc1. The molecule has 0 saturated heterocycles. The Balaban J connectivity index is 2.11. The van der Waals surface area contributed by atoms with E-state index in [2.05, 4.69) is 0 Å². The van der Waals surface area contributed by atoms with Gasteiger partial charge in [0.1, 0.15) is 5.82 Å². The molecule has 30 heavy (non-hydrogen) atoms. The van der Waals surface area contributed by atoms with Crippen LogP contribution >= 0.6 is 0 Å². The van der Waals surface area contributed by atoms with Crippen LogP contribution in [0.3, 0.4) is 0 Å². The maximum Gasteiger partial charge on any atom is 0.305 e. The molecule has 2 aromatic carbocycles. The maximum atomic E-state index is 13.5. The van der Waals surface area contributed by atoms with E-state index in [9.17, 15) is 14.0 Å². The number of carbonyl (C=O) groups excluding carboxylic acids is 2. The summed E-state index contributed by atoms with van der Waals surface area (Å²) in [6.07, 6.45) is 1.29. The fourth-order valence-electron chi connectivity index (χ4n) is 3.80. The molecule has 156 valence electrons. The van der Waals surface area contributed by atoms with E-state index in [1.54, 1.807) is 12.1 Å². The van der Waals surface area contributed by atoms with Gasteiger partial charge in [0.2, 0.25) is 0 Å². The third kappa shape index (κ3) is 4.59. The number of hydrogen-bond acceptors (Lipinski definition) is 3. The molecule has 0 atom stereocenters. The van der Waals surface area contributed by atoms with E-state index >= 15 is 0 Å². The van der Waals surface area contributed by atoms with Gasteiger partial charge in [0.15, 0.2) is 0 Å².